The molecule has 0 saturated heterocycles. The van der Waals surface area contributed by atoms with Gasteiger partial charge in [0.25, 0.3) is 0 Å². The Morgan fingerprint density at radius 3 is 2.79 bits per heavy atom. The van der Waals surface area contributed by atoms with Gasteiger partial charge in [0.05, 0.1) is 12.5 Å². The number of amides is 1. The van der Waals surface area contributed by atoms with E-state index in [0.717, 1.165) is 19.3 Å². The number of Topliss-reactive ketones (excluding diaryl/α,β-unsaturated/α-hetero) is 1. The van der Waals surface area contributed by atoms with Crippen molar-refractivity contribution < 1.29 is 9.59 Å². The maximum Gasteiger partial charge on any atom is 0.231 e. The van der Waals surface area contributed by atoms with Crippen molar-refractivity contribution in [1.82, 2.24) is 5.32 Å². The summed E-state index contributed by atoms with van der Waals surface area (Å²) in [5, 5.41) is 11.3. The van der Waals surface area contributed by atoms with Crippen LogP contribution < -0.4 is 5.32 Å². The van der Waals surface area contributed by atoms with Crippen molar-refractivity contribution in [2.45, 2.75) is 32.6 Å². The highest BCUT2D eigenvalue weighted by molar-refractivity contribution is 5.97. The van der Waals surface area contributed by atoms with Gasteiger partial charge in [-0.2, -0.15) is 5.26 Å². The molecule has 1 rings (SSSR count). The lowest BCUT2D eigenvalue weighted by atomic mass is 10.2. The van der Waals surface area contributed by atoms with Gasteiger partial charge < -0.3 is 5.32 Å². The molecule has 0 heterocycles. The number of hydrogen-bond acceptors (Lipinski definition) is 3. The summed E-state index contributed by atoms with van der Waals surface area (Å²) in [6.45, 7) is 1.37. The predicted molar refractivity (Wildman–Crippen MR) is 49.9 cm³/mol. The van der Waals surface area contributed by atoms with E-state index in [-0.39, 0.29) is 18.1 Å². The summed E-state index contributed by atoms with van der Waals surface area (Å²) < 4.78 is 0. The van der Waals surface area contributed by atoms with Gasteiger partial charge in [-0.05, 0) is 26.2 Å². The van der Waals surface area contributed by atoms with E-state index in [2.05, 4.69) is 11.4 Å². The van der Waals surface area contributed by atoms with Crippen molar-refractivity contribution in [3.8, 4) is 6.07 Å². The predicted octanol–water partition coefficient (Wildman–Crippen LogP) is 1.04. The number of allylic oxidation sites excluding steroid dienone is 2. The van der Waals surface area contributed by atoms with Crippen LogP contribution in [-0.4, -0.2) is 11.7 Å². The van der Waals surface area contributed by atoms with Gasteiger partial charge in [0.15, 0.2) is 0 Å². The quantitative estimate of drug-likeness (QED) is 0.679. The molecule has 1 amide bonds. The fraction of sp³-hybridized carbons (Fsp3) is 0.500. The SMILES string of the molecule is CC(=O)CC(=O)NC1=C(C#N)CCC1. The van der Waals surface area contributed by atoms with Crippen LogP contribution in [0.5, 0.6) is 0 Å². The molecule has 0 aromatic carbocycles. The van der Waals surface area contributed by atoms with E-state index >= 15 is 0 Å². The second-order valence-electron chi connectivity index (χ2n) is 3.35. The lowest BCUT2D eigenvalue weighted by molar-refractivity contribution is -0.126. The second-order valence-corrected chi connectivity index (χ2v) is 3.35. The third-order valence-corrected chi connectivity index (χ3v) is 2.05. The molecule has 0 atom stereocenters. The van der Waals surface area contributed by atoms with Crippen molar-refractivity contribution in [2.24, 2.45) is 0 Å². The third-order valence-electron chi connectivity index (χ3n) is 2.05. The molecule has 0 unspecified atom stereocenters. The van der Waals surface area contributed by atoms with Crippen LogP contribution in [0, 0.1) is 11.3 Å². The molecule has 0 fully saturated rings. The average molecular weight is 192 g/mol. The summed E-state index contributed by atoms with van der Waals surface area (Å²) in [6.07, 6.45) is 2.25. The summed E-state index contributed by atoms with van der Waals surface area (Å²) in [5.41, 5.74) is 1.33. The number of nitrogens with zero attached hydrogens (tertiary/aromatic N) is 1. The highest BCUT2D eigenvalue weighted by atomic mass is 16.2. The van der Waals surface area contributed by atoms with Crippen molar-refractivity contribution in [2.75, 3.05) is 0 Å². The zero-order chi connectivity index (χ0) is 10.6. The molecule has 0 spiro atoms. The van der Waals surface area contributed by atoms with E-state index in [1.165, 1.54) is 6.92 Å². The van der Waals surface area contributed by atoms with Gasteiger partial charge in [-0.1, -0.05) is 0 Å². The molecule has 14 heavy (non-hydrogen) atoms. The fourth-order valence-electron chi connectivity index (χ4n) is 1.44. The summed E-state index contributed by atoms with van der Waals surface area (Å²) in [6, 6.07) is 2.05. The van der Waals surface area contributed by atoms with E-state index in [9.17, 15) is 9.59 Å². The van der Waals surface area contributed by atoms with Gasteiger partial charge >= 0.3 is 0 Å². The Labute approximate surface area is 82.6 Å². The zero-order valence-corrected chi connectivity index (χ0v) is 8.09. The van der Waals surface area contributed by atoms with Crippen molar-refractivity contribution in [3.63, 3.8) is 0 Å². The van der Waals surface area contributed by atoms with Crippen LogP contribution >= 0.6 is 0 Å². The normalized spacial score (nSPS) is 15.1. The molecule has 1 aliphatic rings. The van der Waals surface area contributed by atoms with Crippen molar-refractivity contribution in [1.29, 1.82) is 5.26 Å². The van der Waals surface area contributed by atoms with E-state index in [1.807, 2.05) is 0 Å². The Kier molecular flexibility index (Phi) is 3.41. The number of nitrogens with one attached hydrogen (secondary N) is 1. The number of hydrogen-bond donors (Lipinski definition) is 1. The first-order chi connectivity index (χ1) is 6.63. The largest absolute Gasteiger partial charge is 0.328 e. The molecule has 0 radical (unpaired) electrons. The number of rotatable bonds is 3. The maximum atomic E-state index is 11.2. The zero-order valence-electron chi connectivity index (χ0n) is 8.09. The molecular formula is C10H12N2O2. The van der Waals surface area contributed by atoms with Crippen LogP contribution in [-0.2, 0) is 9.59 Å². The molecule has 4 nitrogen and oxygen atoms in total. The number of ketones is 1. The molecule has 4 heteroatoms. The molecule has 0 aliphatic heterocycles. The molecule has 0 bridgehead atoms. The lowest BCUT2D eigenvalue weighted by Gasteiger charge is -2.04. The highest BCUT2D eigenvalue weighted by Crippen LogP contribution is 2.22. The van der Waals surface area contributed by atoms with Gasteiger partial charge in [-0.3, -0.25) is 9.59 Å². The molecule has 74 valence electrons. The molecule has 0 aromatic heterocycles. The van der Waals surface area contributed by atoms with Gasteiger partial charge in [0.1, 0.15) is 5.78 Å². The van der Waals surface area contributed by atoms with E-state index in [1.54, 1.807) is 0 Å². The number of carbonyl (C=O) groups is 2. The van der Waals surface area contributed by atoms with Gasteiger partial charge in [-0.15, -0.1) is 0 Å². The Morgan fingerprint density at radius 1 is 1.50 bits per heavy atom. The minimum absolute atomic E-state index is 0.109. The third kappa shape index (κ3) is 2.70. The maximum absolute atomic E-state index is 11.2. The summed E-state index contributed by atoms with van der Waals surface area (Å²) >= 11 is 0. The molecule has 0 saturated carbocycles. The lowest BCUT2D eigenvalue weighted by Crippen LogP contribution is -2.24. The Balaban J connectivity index is 2.56. The monoisotopic (exact) mass is 192 g/mol. The van der Waals surface area contributed by atoms with Crippen LogP contribution in [0.15, 0.2) is 11.3 Å². The van der Waals surface area contributed by atoms with Crippen LogP contribution in [0.25, 0.3) is 0 Å². The first kappa shape index (κ1) is 10.5. The summed E-state index contributed by atoms with van der Waals surface area (Å²) in [5.74, 6) is -0.484. The smallest absolute Gasteiger partial charge is 0.231 e. The molecule has 1 N–H and O–H groups in total. The highest BCUT2D eigenvalue weighted by Gasteiger charge is 2.16. The fourth-order valence-corrected chi connectivity index (χ4v) is 1.44. The summed E-state index contributed by atoms with van der Waals surface area (Å²) in [7, 11) is 0. The Hall–Kier alpha value is -1.63. The topological polar surface area (TPSA) is 70.0 Å². The van der Waals surface area contributed by atoms with Crippen molar-refractivity contribution in [3.05, 3.63) is 11.3 Å². The Morgan fingerprint density at radius 2 is 2.21 bits per heavy atom. The molecule has 1 aliphatic carbocycles. The molecular weight excluding hydrogens is 180 g/mol. The Bertz CT molecular complexity index is 337. The van der Waals surface area contributed by atoms with E-state index in [0.29, 0.717) is 11.3 Å². The van der Waals surface area contributed by atoms with Crippen LogP contribution in [0.4, 0.5) is 0 Å². The van der Waals surface area contributed by atoms with Crippen molar-refractivity contribution >= 4 is 11.7 Å². The van der Waals surface area contributed by atoms with Crippen LogP contribution in [0.3, 0.4) is 0 Å². The van der Waals surface area contributed by atoms with Gasteiger partial charge in [0.2, 0.25) is 5.91 Å². The minimum Gasteiger partial charge on any atom is -0.328 e. The minimum atomic E-state index is -0.317. The first-order valence-corrected chi connectivity index (χ1v) is 4.55. The van der Waals surface area contributed by atoms with Crippen LogP contribution in [0.1, 0.15) is 32.6 Å². The van der Waals surface area contributed by atoms with Gasteiger partial charge in [-0.25, -0.2) is 0 Å². The number of carbonyl (C=O) groups excluding carboxylic acids is 2. The summed E-state index contributed by atoms with van der Waals surface area (Å²) in [4.78, 5) is 21.8. The average Bonchev–Trinajstić information content (AvgIpc) is 2.50. The van der Waals surface area contributed by atoms with Crippen LogP contribution in [0.2, 0.25) is 0 Å². The molecule has 0 aromatic rings. The van der Waals surface area contributed by atoms with E-state index in [4.69, 9.17) is 5.26 Å². The van der Waals surface area contributed by atoms with E-state index < -0.39 is 0 Å². The van der Waals surface area contributed by atoms with Gasteiger partial charge in [0, 0.05) is 11.3 Å². The number of nitriles is 1. The standard InChI is InChI=1S/C10H12N2O2/c1-7(13)5-10(14)12-9-4-2-3-8(9)6-11/h2-5H2,1H3,(H,12,14). The first-order valence-electron chi connectivity index (χ1n) is 4.55. The second kappa shape index (κ2) is 4.56.